The number of hydrogen-bond acceptors (Lipinski definition) is 3. The first-order valence-corrected chi connectivity index (χ1v) is 7.78. The molecular weight excluding hydrogens is 333 g/mol. The fourth-order valence-electron chi connectivity index (χ4n) is 2.37. The van der Waals surface area contributed by atoms with Crippen LogP contribution in [0, 0.1) is 5.92 Å². The Morgan fingerprint density at radius 1 is 1.33 bits per heavy atom. The highest BCUT2D eigenvalue weighted by Gasteiger charge is 2.18. The lowest BCUT2D eigenvalue weighted by Crippen LogP contribution is -2.40. The second-order valence-electron chi connectivity index (χ2n) is 5.52. The van der Waals surface area contributed by atoms with Gasteiger partial charge in [0.25, 0.3) is 0 Å². The monoisotopic (exact) mass is 353 g/mol. The molecule has 1 aromatic rings. The zero-order valence-corrected chi connectivity index (χ0v) is 14.4. The van der Waals surface area contributed by atoms with Crippen molar-refractivity contribution in [3.63, 3.8) is 0 Å². The molecule has 1 unspecified atom stereocenters. The molecule has 120 valence electrons. The predicted octanol–water partition coefficient (Wildman–Crippen LogP) is 3.89. The largest absolute Gasteiger partial charge is 0.489 e. The van der Waals surface area contributed by atoms with E-state index in [2.05, 4.69) is 11.8 Å². The highest BCUT2D eigenvalue weighted by atomic mass is 35.5. The van der Waals surface area contributed by atoms with Crippen LogP contribution in [0.4, 0.5) is 0 Å². The molecule has 1 fully saturated rings. The number of rotatable bonds is 5. The van der Waals surface area contributed by atoms with Gasteiger partial charge in [-0.15, -0.1) is 12.4 Å². The number of aliphatic hydroxyl groups excluding tert-OH is 1. The second-order valence-corrected chi connectivity index (χ2v) is 6.37. The van der Waals surface area contributed by atoms with Crippen LogP contribution in [0.1, 0.15) is 19.8 Å². The number of β-amino-alcohol motifs (C(OH)–C–C–N with tert-alkyl or cyclic N) is 1. The van der Waals surface area contributed by atoms with Gasteiger partial charge in [0.2, 0.25) is 0 Å². The minimum absolute atomic E-state index is 0. The topological polar surface area (TPSA) is 32.7 Å². The van der Waals surface area contributed by atoms with Crippen molar-refractivity contribution in [3.8, 4) is 5.75 Å². The van der Waals surface area contributed by atoms with Gasteiger partial charge in [-0.2, -0.15) is 0 Å². The lowest BCUT2D eigenvalue weighted by Gasteiger charge is -2.31. The third-order valence-corrected chi connectivity index (χ3v) is 4.20. The van der Waals surface area contributed by atoms with Crippen molar-refractivity contribution in [3.05, 3.63) is 28.2 Å². The Labute approximate surface area is 142 Å². The maximum absolute atomic E-state index is 10.0. The number of hydrogen-bond donors (Lipinski definition) is 1. The fourth-order valence-corrected chi connectivity index (χ4v) is 2.84. The number of ether oxygens (including phenoxy) is 1. The van der Waals surface area contributed by atoms with Crippen LogP contribution in [-0.2, 0) is 0 Å². The molecule has 3 nitrogen and oxygen atoms in total. The zero-order chi connectivity index (χ0) is 14.5. The molecule has 0 radical (unpaired) electrons. The number of nitrogens with zero attached hydrogens (tertiary/aromatic N) is 1. The van der Waals surface area contributed by atoms with Crippen molar-refractivity contribution in [1.82, 2.24) is 4.90 Å². The van der Waals surface area contributed by atoms with E-state index >= 15 is 0 Å². The summed E-state index contributed by atoms with van der Waals surface area (Å²) in [5, 5.41) is 11.1. The summed E-state index contributed by atoms with van der Waals surface area (Å²) >= 11 is 11.8. The summed E-state index contributed by atoms with van der Waals surface area (Å²) in [5.41, 5.74) is 0. The zero-order valence-electron chi connectivity index (χ0n) is 12.1. The molecule has 1 saturated heterocycles. The smallest absolute Gasteiger partial charge is 0.138 e. The van der Waals surface area contributed by atoms with Crippen molar-refractivity contribution in [2.45, 2.75) is 25.9 Å². The van der Waals surface area contributed by atoms with Gasteiger partial charge < -0.3 is 14.7 Å². The first kappa shape index (κ1) is 18.9. The van der Waals surface area contributed by atoms with Crippen molar-refractivity contribution in [2.75, 3.05) is 26.2 Å². The van der Waals surface area contributed by atoms with E-state index in [0.717, 1.165) is 19.0 Å². The molecule has 0 aromatic heterocycles. The van der Waals surface area contributed by atoms with Crippen LogP contribution >= 0.6 is 35.6 Å². The van der Waals surface area contributed by atoms with E-state index in [9.17, 15) is 5.11 Å². The first-order valence-electron chi connectivity index (χ1n) is 7.03. The Balaban J connectivity index is 0.00000220. The number of likely N-dealkylation sites (tertiary alicyclic amines) is 1. The number of piperidine rings is 1. The Morgan fingerprint density at radius 3 is 2.62 bits per heavy atom. The normalized spacial score (nSPS) is 18.1. The van der Waals surface area contributed by atoms with Crippen LogP contribution in [0.25, 0.3) is 0 Å². The highest BCUT2D eigenvalue weighted by Crippen LogP contribution is 2.27. The molecule has 0 bridgehead atoms. The molecule has 1 aliphatic heterocycles. The summed E-state index contributed by atoms with van der Waals surface area (Å²) < 4.78 is 5.55. The summed E-state index contributed by atoms with van der Waals surface area (Å²) in [4.78, 5) is 2.29. The average molecular weight is 355 g/mol. The second kappa shape index (κ2) is 9.06. The van der Waals surface area contributed by atoms with Gasteiger partial charge in [0, 0.05) is 11.6 Å². The summed E-state index contributed by atoms with van der Waals surface area (Å²) in [6.45, 7) is 5.28. The molecule has 6 heteroatoms. The molecule has 0 spiro atoms. The van der Waals surface area contributed by atoms with Gasteiger partial charge in [0.05, 0.1) is 5.02 Å². The van der Waals surface area contributed by atoms with Crippen LogP contribution in [0.5, 0.6) is 5.75 Å². The van der Waals surface area contributed by atoms with E-state index in [4.69, 9.17) is 27.9 Å². The molecule has 1 aliphatic rings. The number of aliphatic hydroxyl groups is 1. The Bertz CT molecular complexity index is 437. The number of benzene rings is 1. The third-order valence-electron chi connectivity index (χ3n) is 3.67. The van der Waals surface area contributed by atoms with Crippen LogP contribution in [-0.4, -0.2) is 42.4 Å². The predicted molar refractivity (Wildman–Crippen MR) is 90.0 cm³/mol. The maximum Gasteiger partial charge on any atom is 0.138 e. The minimum Gasteiger partial charge on any atom is -0.489 e. The molecule has 1 aromatic carbocycles. The van der Waals surface area contributed by atoms with Crippen molar-refractivity contribution in [2.24, 2.45) is 5.92 Å². The lowest BCUT2D eigenvalue weighted by atomic mass is 9.99. The molecule has 1 heterocycles. The standard InChI is InChI=1S/C15H21Cl2NO2.ClH/c1-11-4-6-18(7-5-11)9-13(19)10-20-15-3-2-12(16)8-14(15)17;/h2-3,8,11,13,19H,4-7,9-10H2,1H3;1H. The number of halogens is 3. The summed E-state index contributed by atoms with van der Waals surface area (Å²) in [6, 6.07) is 5.08. The summed E-state index contributed by atoms with van der Waals surface area (Å²) in [5.74, 6) is 1.36. The Hall–Kier alpha value is -0.190. The molecule has 0 amide bonds. The van der Waals surface area contributed by atoms with E-state index in [1.54, 1.807) is 18.2 Å². The SMILES string of the molecule is CC1CCN(CC(O)COc2ccc(Cl)cc2Cl)CC1.Cl. The Morgan fingerprint density at radius 2 is 2.00 bits per heavy atom. The Kier molecular flexibility index (Phi) is 8.14. The van der Waals surface area contributed by atoms with Crippen molar-refractivity contribution in [1.29, 1.82) is 0 Å². The van der Waals surface area contributed by atoms with E-state index in [1.807, 2.05) is 0 Å². The van der Waals surface area contributed by atoms with E-state index < -0.39 is 6.10 Å². The van der Waals surface area contributed by atoms with E-state index in [1.165, 1.54) is 12.8 Å². The first-order chi connectivity index (χ1) is 9.54. The lowest BCUT2D eigenvalue weighted by molar-refractivity contribution is 0.0563. The molecule has 0 saturated carbocycles. The van der Waals surface area contributed by atoms with Gasteiger partial charge in [-0.25, -0.2) is 0 Å². The van der Waals surface area contributed by atoms with Crippen LogP contribution in [0.3, 0.4) is 0 Å². The molecule has 0 aliphatic carbocycles. The van der Waals surface area contributed by atoms with Crippen LogP contribution in [0.15, 0.2) is 18.2 Å². The summed E-state index contributed by atoms with van der Waals surface area (Å²) in [6.07, 6.45) is 1.91. The molecule has 1 N–H and O–H groups in total. The highest BCUT2D eigenvalue weighted by molar-refractivity contribution is 6.35. The van der Waals surface area contributed by atoms with E-state index in [-0.39, 0.29) is 19.0 Å². The maximum atomic E-state index is 10.0. The minimum atomic E-state index is -0.504. The summed E-state index contributed by atoms with van der Waals surface area (Å²) in [7, 11) is 0. The molecular formula is C15H22Cl3NO2. The molecule has 21 heavy (non-hydrogen) atoms. The van der Waals surface area contributed by atoms with Crippen LogP contribution in [0.2, 0.25) is 10.0 Å². The average Bonchev–Trinajstić information content (AvgIpc) is 2.40. The third kappa shape index (κ3) is 6.21. The molecule has 2 rings (SSSR count). The van der Waals surface area contributed by atoms with Gasteiger partial charge in [-0.1, -0.05) is 30.1 Å². The fraction of sp³-hybridized carbons (Fsp3) is 0.600. The quantitative estimate of drug-likeness (QED) is 0.871. The van der Waals surface area contributed by atoms with Crippen molar-refractivity contribution < 1.29 is 9.84 Å². The van der Waals surface area contributed by atoms with Crippen molar-refractivity contribution >= 4 is 35.6 Å². The van der Waals surface area contributed by atoms with Crippen LogP contribution < -0.4 is 4.74 Å². The van der Waals surface area contributed by atoms with E-state index in [0.29, 0.717) is 22.3 Å². The van der Waals surface area contributed by atoms with Gasteiger partial charge in [-0.05, 0) is 50.0 Å². The van der Waals surface area contributed by atoms with Gasteiger partial charge in [-0.3, -0.25) is 0 Å². The molecule has 1 atom stereocenters. The van der Waals surface area contributed by atoms with Gasteiger partial charge >= 0.3 is 0 Å². The van der Waals surface area contributed by atoms with Gasteiger partial charge in [0.15, 0.2) is 0 Å². The van der Waals surface area contributed by atoms with Gasteiger partial charge in [0.1, 0.15) is 18.5 Å².